The molecule has 0 saturated heterocycles. The molecule has 0 N–H and O–H groups in total. The molecule has 4 nitrogen and oxygen atoms in total. The summed E-state index contributed by atoms with van der Waals surface area (Å²) in [7, 11) is 0. The second kappa shape index (κ2) is 17.4. The molecule has 2 unspecified atom stereocenters. The summed E-state index contributed by atoms with van der Waals surface area (Å²) in [5.41, 5.74) is 17.2. The van der Waals surface area contributed by atoms with Gasteiger partial charge in [0.15, 0.2) is 5.82 Å². The molecule has 67 heavy (non-hydrogen) atoms. The number of rotatable bonds is 8. The SMILES string of the molecule is CC1CC=CC=C1c1cc(C2C=C(c3cccc(-c4cc(-c5ccccc5)nc5c4ccc4ccc(-c6ccc7ccccc7c6)nc45)c3)C=CC2)nc(-c2ccc(C3=CCCC=C3)cc2)n1. The van der Waals surface area contributed by atoms with Crippen LogP contribution in [-0.2, 0) is 0 Å². The Morgan fingerprint density at radius 3 is 2.09 bits per heavy atom. The Labute approximate surface area is 391 Å². The summed E-state index contributed by atoms with van der Waals surface area (Å²) >= 11 is 0. The minimum Gasteiger partial charge on any atom is -0.245 e. The van der Waals surface area contributed by atoms with Gasteiger partial charge in [0.2, 0.25) is 0 Å². The van der Waals surface area contributed by atoms with E-state index in [0.717, 1.165) is 109 Å². The van der Waals surface area contributed by atoms with Crippen LogP contribution in [0.3, 0.4) is 0 Å². The van der Waals surface area contributed by atoms with Gasteiger partial charge < -0.3 is 0 Å². The Bertz CT molecular complexity index is 3590. The predicted molar refractivity (Wildman–Crippen MR) is 280 cm³/mol. The average Bonchev–Trinajstić information content (AvgIpc) is 3.41. The Morgan fingerprint density at radius 1 is 0.463 bits per heavy atom. The molecule has 0 aliphatic heterocycles. The van der Waals surface area contributed by atoms with Crippen molar-refractivity contribution in [3.05, 3.63) is 235 Å². The molecule has 0 fully saturated rings. The molecule has 0 spiro atoms. The van der Waals surface area contributed by atoms with Crippen LogP contribution in [0.1, 0.15) is 61.0 Å². The molecule has 3 aromatic heterocycles. The van der Waals surface area contributed by atoms with E-state index in [9.17, 15) is 0 Å². The first kappa shape index (κ1) is 40.4. The molecule has 0 bridgehead atoms. The number of pyridine rings is 2. The number of nitrogens with zero attached hydrogens (tertiary/aromatic N) is 4. The maximum absolute atomic E-state index is 5.39. The van der Waals surface area contributed by atoms with Crippen molar-refractivity contribution in [2.24, 2.45) is 5.92 Å². The van der Waals surface area contributed by atoms with Crippen LogP contribution >= 0.6 is 0 Å². The van der Waals surface area contributed by atoms with Gasteiger partial charge in [-0.2, -0.15) is 0 Å². The molecular weight excluding hydrogens is 813 g/mol. The zero-order valence-electron chi connectivity index (χ0n) is 37.5. The molecule has 3 aliphatic carbocycles. The lowest BCUT2D eigenvalue weighted by Gasteiger charge is -2.21. The smallest absolute Gasteiger partial charge is 0.160 e. The van der Waals surface area contributed by atoms with Crippen molar-refractivity contribution < 1.29 is 0 Å². The number of hydrogen-bond donors (Lipinski definition) is 0. The third-order valence-electron chi connectivity index (χ3n) is 13.7. The number of benzene rings is 6. The van der Waals surface area contributed by atoms with Crippen LogP contribution in [0, 0.1) is 5.92 Å². The molecule has 12 rings (SSSR count). The van der Waals surface area contributed by atoms with Crippen LogP contribution in [-0.4, -0.2) is 19.9 Å². The minimum atomic E-state index is 0.0803. The number of hydrogen-bond acceptors (Lipinski definition) is 4. The number of fused-ring (bicyclic) bond motifs is 4. The summed E-state index contributed by atoms with van der Waals surface area (Å²) < 4.78 is 0. The van der Waals surface area contributed by atoms with Gasteiger partial charge in [0.05, 0.1) is 33.8 Å². The molecule has 320 valence electrons. The summed E-state index contributed by atoms with van der Waals surface area (Å²) in [6, 6.07) is 56.5. The van der Waals surface area contributed by atoms with Gasteiger partial charge in [-0.15, -0.1) is 0 Å². The Kier molecular flexibility index (Phi) is 10.5. The molecular formula is C63H48N4. The summed E-state index contributed by atoms with van der Waals surface area (Å²) in [6.07, 6.45) is 24.5. The van der Waals surface area contributed by atoms with E-state index in [1.54, 1.807) is 0 Å². The normalized spacial score (nSPS) is 16.9. The highest BCUT2D eigenvalue weighted by molar-refractivity contribution is 6.10. The van der Waals surface area contributed by atoms with Crippen molar-refractivity contribution in [1.82, 2.24) is 19.9 Å². The predicted octanol–water partition coefficient (Wildman–Crippen LogP) is 16.2. The quantitative estimate of drug-likeness (QED) is 0.143. The Hall–Kier alpha value is -8.08. The van der Waals surface area contributed by atoms with E-state index in [1.807, 2.05) is 0 Å². The highest BCUT2D eigenvalue weighted by Gasteiger charge is 2.22. The van der Waals surface area contributed by atoms with E-state index in [4.69, 9.17) is 19.9 Å². The van der Waals surface area contributed by atoms with Gasteiger partial charge >= 0.3 is 0 Å². The maximum Gasteiger partial charge on any atom is 0.160 e. The summed E-state index contributed by atoms with van der Waals surface area (Å²) in [4.78, 5) is 21.3. The highest BCUT2D eigenvalue weighted by atomic mass is 14.9. The summed E-state index contributed by atoms with van der Waals surface area (Å²) in [5, 5.41) is 4.55. The molecule has 3 heterocycles. The van der Waals surface area contributed by atoms with Crippen molar-refractivity contribution in [1.29, 1.82) is 0 Å². The monoisotopic (exact) mass is 860 g/mol. The van der Waals surface area contributed by atoms with Crippen LogP contribution in [0.4, 0.5) is 0 Å². The first-order valence-corrected chi connectivity index (χ1v) is 23.6. The van der Waals surface area contributed by atoms with Crippen molar-refractivity contribution in [2.45, 2.75) is 38.5 Å². The lowest BCUT2D eigenvalue weighted by Crippen LogP contribution is -2.09. The van der Waals surface area contributed by atoms with Gasteiger partial charge in [-0.3, -0.25) is 0 Å². The molecule has 2 atom stereocenters. The fourth-order valence-electron chi connectivity index (χ4n) is 9.98. The van der Waals surface area contributed by atoms with E-state index in [-0.39, 0.29) is 5.92 Å². The highest BCUT2D eigenvalue weighted by Crippen LogP contribution is 2.40. The van der Waals surface area contributed by atoms with Crippen molar-refractivity contribution in [2.75, 3.05) is 0 Å². The topological polar surface area (TPSA) is 51.6 Å². The number of aromatic nitrogens is 4. The van der Waals surface area contributed by atoms with Crippen LogP contribution in [0.5, 0.6) is 0 Å². The van der Waals surface area contributed by atoms with Crippen LogP contribution in [0.25, 0.3) is 94.3 Å². The molecule has 9 aromatic rings. The average molecular weight is 861 g/mol. The third-order valence-corrected chi connectivity index (χ3v) is 13.7. The fraction of sp³-hybridized carbons (Fsp3) is 0.111. The van der Waals surface area contributed by atoms with E-state index in [1.165, 1.54) is 33.1 Å². The minimum absolute atomic E-state index is 0.0803. The standard InChI is InChI=1S/C63H48N4/c1-41-14-8-11-25-54(41)60-40-59(66-63(67-60)47-29-26-44(27-30-47)42-15-4-2-5-16-42)52-24-13-22-50(38-52)49-21-12-23-51(36-49)56-39-58(45-18-6-3-7-19-45)65-62-55(56)34-32-46-33-35-57(64-61(46)62)53-31-28-43-17-9-10-20-48(43)37-53/h3-4,6-13,15-23,25-41,52H,2,5,14,24H2,1H3. The van der Waals surface area contributed by atoms with E-state index >= 15 is 0 Å². The van der Waals surface area contributed by atoms with Gasteiger partial charge in [0.25, 0.3) is 0 Å². The fourth-order valence-corrected chi connectivity index (χ4v) is 9.98. The molecule has 6 aromatic carbocycles. The molecule has 0 amide bonds. The molecule has 4 heteroatoms. The van der Waals surface area contributed by atoms with Gasteiger partial charge in [0.1, 0.15) is 0 Å². The van der Waals surface area contributed by atoms with Crippen LogP contribution in [0.15, 0.2) is 212 Å². The first-order chi connectivity index (χ1) is 33.1. The van der Waals surface area contributed by atoms with E-state index in [0.29, 0.717) is 5.92 Å². The zero-order valence-corrected chi connectivity index (χ0v) is 37.5. The van der Waals surface area contributed by atoms with E-state index in [2.05, 4.69) is 219 Å². The van der Waals surface area contributed by atoms with Gasteiger partial charge in [-0.1, -0.05) is 189 Å². The molecule has 3 aliphatic rings. The van der Waals surface area contributed by atoms with Gasteiger partial charge in [-0.05, 0) is 112 Å². The number of allylic oxidation sites excluding steroid dienone is 12. The second-order valence-corrected chi connectivity index (χ2v) is 18.1. The molecule has 0 saturated carbocycles. The second-order valence-electron chi connectivity index (χ2n) is 18.1. The van der Waals surface area contributed by atoms with Gasteiger partial charge in [-0.25, -0.2) is 19.9 Å². The van der Waals surface area contributed by atoms with Crippen molar-refractivity contribution >= 4 is 49.3 Å². The van der Waals surface area contributed by atoms with E-state index < -0.39 is 0 Å². The lowest BCUT2D eigenvalue weighted by atomic mass is 9.87. The van der Waals surface area contributed by atoms with Gasteiger partial charge in [0, 0.05) is 33.4 Å². The summed E-state index contributed by atoms with van der Waals surface area (Å²) in [6.45, 7) is 2.29. The van der Waals surface area contributed by atoms with Crippen molar-refractivity contribution in [3.8, 4) is 45.0 Å². The van der Waals surface area contributed by atoms with Crippen LogP contribution in [0.2, 0.25) is 0 Å². The van der Waals surface area contributed by atoms with Crippen LogP contribution < -0.4 is 0 Å². The summed E-state index contributed by atoms with van der Waals surface area (Å²) in [5.74, 6) is 1.23. The molecule has 0 radical (unpaired) electrons. The lowest BCUT2D eigenvalue weighted by molar-refractivity contribution is 0.750. The maximum atomic E-state index is 5.39. The first-order valence-electron chi connectivity index (χ1n) is 23.6. The largest absolute Gasteiger partial charge is 0.245 e. The third kappa shape index (κ3) is 7.95. The van der Waals surface area contributed by atoms with Crippen molar-refractivity contribution in [3.63, 3.8) is 0 Å². The zero-order chi connectivity index (χ0) is 44.7. The Morgan fingerprint density at radius 2 is 1.22 bits per heavy atom. The Balaban J connectivity index is 0.943.